The summed E-state index contributed by atoms with van der Waals surface area (Å²) in [5.74, 6) is 0. The van der Waals surface area contributed by atoms with E-state index in [4.69, 9.17) is 0 Å². The van der Waals surface area contributed by atoms with Crippen LogP contribution in [0.3, 0.4) is 0 Å². The molecule has 2 rings (SSSR count). The third-order valence-corrected chi connectivity index (χ3v) is 3.24. The van der Waals surface area contributed by atoms with Crippen LogP contribution in [0.1, 0.15) is 24.8 Å². The van der Waals surface area contributed by atoms with Gasteiger partial charge in [-0.05, 0) is 43.9 Å². The molecule has 1 atom stereocenters. The largest absolute Gasteiger partial charge is 0.384 e. The molecule has 0 saturated heterocycles. The number of urea groups is 1. The molecule has 0 heterocycles. The maximum absolute atomic E-state index is 11.8. The maximum Gasteiger partial charge on any atom is 0.319 e. The Kier molecular flexibility index (Phi) is 4.22. The molecule has 2 amide bonds. The van der Waals surface area contributed by atoms with E-state index in [1.54, 1.807) is 6.08 Å². The van der Waals surface area contributed by atoms with Gasteiger partial charge in [0.25, 0.3) is 0 Å². The first kappa shape index (κ1) is 13.6. The van der Waals surface area contributed by atoms with Gasteiger partial charge in [0.15, 0.2) is 0 Å². The zero-order chi connectivity index (χ0) is 13.7. The summed E-state index contributed by atoms with van der Waals surface area (Å²) in [6.45, 7) is 2.21. The first-order valence-electron chi connectivity index (χ1n) is 6.59. The Labute approximate surface area is 113 Å². The SMILES string of the molecule is Cc1cccc(NC(=O)NC[C@@]2(O)C=CCCC2)c1. The van der Waals surface area contributed by atoms with Gasteiger partial charge in [-0.15, -0.1) is 0 Å². The summed E-state index contributed by atoms with van der Waals surface area (Å²) >= 11 is 0. The zero-order valence-electron chi connectivity index (χ0n) is 11.1. The van der Waals surface area contributed by atoms with Crippen molar-refractivity contribution in [3.05, 3.63) is 42.0 Å². The summed E-state index contributed by atoms with van der Waals surface area (Å²) in [6.07, 6.45) is 6.38. The third-order valence-electron chi connectivity index (χ3n) is 3.24. The van der Waals surface area contributed by atoms with E-state index < -0.39 is 5.60 Å². The van der Waals surface area contributed by atoms with Crippen LogP contribution in [0.25, 0.3) is 0 Å². The Morgan fingerprint density at radius 1 is 1.47 bits per heavy atom. The van der Waals surface area contributed by atoms with E-state index in [1.165, 1.54) is 0 Å². The Hall–Kier alpha value is -1.81. The lowest BCUT2D eigenvalue weighted by molar-refractivity contribution is 0.0768. The van der Waals surface area contributed by atoms with E-state index in [-0.39, 0.29) is 12.6 Å². The van der Waals surface area contributed by atoms with Crippen LogP contribution in [0.4, 0.5) is 10.5 Å². The van der Waals surface area contributed by atoms with E-state index in [0.29, 0.717) is 6.42 Å². The average Bonchev–Trinajstić information content (AvgIpc) is 2.38. The molecule has 0 unspecified atom stereocenters. The predicted octanol–water partition coefficient (Wildman–Crippen LogP) is 2.59. The molecule has 0 saturated carbocycles. The van der Waals surface area contributed by atoms with Gasteiger partial charge in [-0.2, -0.15) is 0 Å². The fourth-order valence-electron chi connectivity index (χ4n) is 2.19. The highest BCUT2D eigenvalue weighted by Gasteiger charge is 2.25. The maximum atomic E-state index is 11.8. The highest BCUT2D eigenvalue weighted by Crippen LogP contribution is 2.21. The number of carbonyl (C=O) groups is 1. The number of allylic oxidation sites excluding steroid dienone is 1. The van der Waals surface area contributed by atoms with E-state index >= 15 is 0 Å². The number of hydrogen-bond acceptors (Lipinski definition) is 2. The van der Waals surface area contributed by atoms with Crippen molar-refractivity contribution in [2.45, 2.75) is 31.8 Å². The number of rotatable bonds is 3. The standard InChI is InChI=1S/C15H20N2O2/c1-12-6-5-7-13(10-12)17-14(18)16-11-15(19)8-3-2-4-9-15/h3,5-8,10,19H,2,4,9,11H2,1H3,(H2,16,17,18)/t15-/m1/s1. The molecule has 0 aromatic heterocycles. The minimum atomic E-state index is -0.901. The topological polar surface area (TPSA) is 61.4 Å². The minimum Gasteiger partial charge on any atom is -0.384 e. The van der Waals surface area contributed by atoms with Crippen LogP contribution < -0.4 is 10.6 Å². The number of anilines is 1. The quantitative estimate of drug-likeness (QED) is 0.731. The molecule has 3 N–H and O–H groups in total. The Bertz CT molecular complexity index is 485. The number of aliphatic hydroxyl groups is 1. The average molecular weight is 260 g/mol. The number of nitrogens with one attached hydrogen (secondary N) is 2. The van der Waals surface area contributed by atoms with Gasteiger partial charge in [0.05, 0.1) is 6.54 Å². The molecule has 1 aromatic carbocycles. The Morgan fingerprint density at radius 2 is 2.32 bits per heavy atom. The van der Waals surface area contributed by atoms with Gasteiger partial charge in [-0.1, -0.05) is 24.3 Å². The Balaban J connectivity index is 1.85. The first-order valence-corrected chi connectivity index (χ1v) is 6.59. The van der Waals surface area contributed by atoms with Crippen molar-refractivity contribution in [1.82, 2.24) is 5.32 Å². The van der Waals surface area contributed by atoms with Crippen molar-refractivity contribution in [3.8, 4) is 0 Å². The van der Waals surface area contributed by atoms with Gasteiger partial charge in [-0.25, -0.2) is 4.79 Å². The number of amides is 2. The molecule has 0 aliphatic heterocycles. The minimum absolute atomic E-state index is 0.237. The fraction of sp³-hybridized carbons (Fsp3) is 0.400. The molecule has 1 aliphatic rings. The number of hydrogen-bond donors (Lipinski definition) is 3. The van der Waals surface area contributed by atoms with E-state index in [0.717, 1.165) is 24.1 Å². The highest BCUT2D eigenvalue weighted by molar-refractivity contribution is 5.89. The molecule has 0 fully saturated rings. The summed E-state index contributed by atoms with van der Waals surface area (Å²) < 4.78 is 0. The lowest BCUT2D eigenvalue weighted by atomic mass is 9.91. The van der Waals surface area contributed by atoms with Gasteiger partial charge in [-0.3, -0.25) is 0 Å². The van der Waals surface area contributed by atoms with Crippen LogP contribution >= 0.6 is 0 Å². The number of benzene rings is 1. The van der Waals surface area contributed by atoms with Crippen LogP contribution in [-0.4, -0.2) is 23.3 Å². The van der Waals surface area contributed by atoms with Gasteiger partial charge in [0.2, 0.25) is 0 Å². The van der Waals surface area contributed by atoms with Crippen molar-refractivity contribution >= 4 is 11.7 Å². The number of carbonyl (C=O) groups excluding carboxylic acids is 1. The van der Waals surface area contributed by atoms with Crippen LogP contribution in [0, 0.1) is 6.92 Å². The second-order valence-electron chi connectivity index (χ2n) is 5.08. The summed E-state index contributed by atoms with van der Waals surface area (Å²) in [4.78, 5) is 11.8. The van der Waals surface area contributed by atoms with E-state index in [1.807, 2.05) is 37.3 Å². The second-order valence-corrected chi connectivity index (χ2v) is 5.08. The van der Waals surface area contributed by atoms with Gasteiger partial charge in [0.1, 0.15) is 5.60 Å². The summed E-state index contributed by atoms with van der Waals surface area (Å²) in [6, 6.07) is 7.30. The van der Waals surface area contributed by atoms with E-state index in [9.17, 15) is 9.90 Å². The molecule has 19 heavy (non-hydrogen) atoms. The number of aryl methyl sites for hydroxylation is 1. The summed E-state index contributed by atoms with van der Waals surface area (Å²) in [5.41, 5.74) is 0.942. The lowest BCUT2D eigenvalue weighted by Gasteiger charge is -2.27. The van der Waals surface area contributed by atoms with Crippen molar-refractivity contribution in [3.63, 3.8) is 0 Å². The van der Waals surface area contributed by atoms with E-state index in [2.05, 4.69) is 10.6 Å². The van der Waals surface area contributed by atoms with Crippen LogP contribution in [0.5, 0.6) is 0 Å². The molecule has 0 spiro atoms. The molecular formula is C15H20N2O2. The molecule has 4 nitrogen and oxygen atoms in total. The van der Waals surface area contributed by atoms with Gasteiger partial charge < -0.3 is 15.7 Å². The zero-order valence-corrected chi connectivity index (χ0v) is 11.1. The normalized spacial score (nSPS) is 22.0. The smallest absolute Gasteiger partial charge is 0.319 e. The molecular weight excluding hydrogens is 240 g/mol. The molecule has 1 aliphatic carbocycles. The first-order chi connectivity index (χ1) is 9.07. The summed E-state index contributed by atoms with van der Waals surface area (Å²) in [7, 11) is 0. The van der Waals surface area contributed by atoms with Gasteiger partial charge in [0, 0.05) is 5.69 Å². The van der Waals surface area contributed by atoms with Crippen molar-refractivity contribution in [2.75, 3.05) is 11.9 Å². The molecule has 0 radical (unpaired) electrons. The van der Waals surface area contributed by atoms with Gasteiger partial charge >= 0.3 is 6.03 Å². The fourth-order valence-corrected chi connectivity index (χ4v) is 2.19. The monoisotopic (exact) mass is 260 g/mol. The van der Waals surface area contributed by atoms with Crippen molar-refractivity contribution in [1.29, 1.82) is 0 Å². The molecule has 102 valence electrons. The van der Waals surface area contributed by atoms with Crippen LogP contribution in [-0.2, 0) is 0 Å². The van der Waals surface area contributed by atoms with Crippen molar-refractivity contribution < 1.29 is 9.90 Å². The van der Waals surface area contributed by atoms with Crippen LogP contribution in [0.15, 0.2) is 36.4 Å². The molecule has 4 heteroatoms. The van der Waals surface area contributed by atoms with Crippen LogP contribution in [0.2, 0.25) is 0 Å². The lowest BCUT2D eigenvalue weighted by Crippen LogP contribution is -2.43. The highest BCUT2D eigenvalue weighted by atomic mass is 16.3. The molecule has 0 bridgehead atoms. The second kappa shape index (κ2) is 5.89. The molecule has 1 aromatic rings. The third kappa shape index (κ3) is 4.10. The van der Waals surface area contributed by atoms with Crippen molar-refractivity contribution in [2.24, 2.45) is 0 Å². The Morgan fingerprint density at radius 3 is 3.00 bits per heavy atom. The predicted molar refractivity (Wildman–Crippen MR) is 76.1 cm³/mol. The summed E-state index contributed by atoms with van der Waals surface area (Å²) in [5, 5.41) is 15.7.